The van der Waals surface area contributed by atoms with Crippen LogP contribution in [0.15, 0.2) is 36.8 Å². The lowest BCUT2D eigenvalue weighted by atomic mass is 10.1. The van der Waals surface area contributed by atoms with Gasteiger partial charge in [0.05, 0.1) is 13.2 Å². The smallest absolute Gasteiger partial charge is 0.223 e. The summed E-state index contributed by atoms with van der Waals surface area (Å²) < 4.78 is 7.59. The average molecular weight is 300 g/mol. The number of amides is 1. The van der Waals surface area contributed by atoms with Crippen LogP contribution in [0.4, 0.5) is 0 Å². The molecule has 3 rings (SSSR count). The van der Waals surface area contributed by atoms with Crippen molar-refractivity contribution in [3.05, 3.63) is 48.0 Å². The van der Waals surface area contributed by atoms with Crippen molar-refractivity contribution in [2.75, 3.05) is 19.7 Å². The number of pyridine rings is 1. The first-order valence-corrected chi connectivity index (χ1v) is 7.50. The van der Waals surface area contributed by atoms with Gasteiger partial charge in [-0.15, -0.1) is 0 Å². The molecule has 22 heavy (non-hydrogen) atoms. The number of hydrogen-bond acceptors (Lipinski definition) is 4. The van der Waals surface area contributed by atoms with Gasteiger partial charge in [-0.25, -0.2) is 0 Å². The maximum absolute atomic E-state index is 12.4. The first kappa shape index (κ1) is 14.7. The number of carbonyl (C=O) groups excluding carboxylic acids is 1. The van der Waals surface area contributed by atoms with E-state index in [4.69, 9.17) is 4.74 Å². The van der Waals surface area contributed by atoms with E-state index in [-0.39, 0.29) is 12.0 Å². The molecule has 1 amide bonds. The Kier molecular flexibility index (Phi) is 4.48. The molecule has 6 nitrogen and oxygen atoms in total. The zero-order chi connectivity index (χ0) is 15.4. The summed E-state index contributed by atoms with van der Waals surface area (Å²) in [5, 5.41) is 4.12. The number of hydrogen-bond donors (Lipinski definition) is 0. The van der Waals surface area contributed by atoms with Gasteiger partial charge in [-0.05, 0) is 30.2 Å². The van der Waals surface area contributed by atoms with Crippen LogP contribution in [0.2, 0.25) is 0 Å². The standard InChI is InChI=1S/C16H20N4O2/c1-19-14(6-9-18-19)2-3-16(21)20-10-11-22-15(12-20)13-4-7-17-8-5-13/h4-9,15H,2-3,10-12H2,1H3. The summed E-state index contributed by atoms with van der Waals surface area (Å²) in [6.45, 7) is 1.84. The van der Waals surface area contributed by atoms with Crippen LogP contribution in [0.25, 0.3) is 0 Å². The van der Waals surface area contributed by atoms with Crippen molar-refractivity contribution in [2.24, 2.45) is 7.05 Å². The number of ether oxygens (including phenoxy) is 1. The van der Waals surface area contributed by atoms with E-state index >= 15 is 0 Å². The molecule has 0 N–H and O–H groups in total. The number of rotatable bonds is 4. The highest BCUT2D eigenvalue weighted by Gasteiger charge is 2.25. The van der Waals surface area contributed by atoms with E-state index in [2.05, 4.69) is 10.1 Å². The zero-order valence-corrected chi connectivity index (χ0v) is 12.7. The normalized spacial score (nSPS) is 18.4. The van der Waals surface area contributed by atoms with E-state index in [0.717, 1.165) is 11.3 Å². The van der Waals surface area contributed by atoms with Gasteiger partial charge in [-0.3, -0.25) is 14.5 Å². The summed E-state index contributed by atoms with van der Waals surface area (Å²) >= 11 is 0. The van der Waals surface area contributed by atoms with Crippen molar-refractivity contribution in [3.8, 4) is 0 Å². The highest BCUT2D eigenvalue weighted by Crippen LogP contribution is 2.22. The molecule has 1 saturated heterocycles. The second kappa shape index (κ2) is 6.70. The van der Waals surface area contributed by atoms with E-state index in [9.17, 15) is 4.79 Å². The van der Waals surface area contributed by atoms with Gasteiger partial charge in [0.25, 0.3) is 0 Å². The van der Waals surface area contributed by atoms with E-state index in [1.165, 1.54) is 0 Å². The van der Waals surface area contributed by atoms with Crippen LogP contribution < -0.4 is 0 Å². The van der Waals surface area contributed by atoms with Crippen molar-refractivity contribution < 1.29 is 9.53 Å². The quantitative estimate of drug-likeness (QED) is 0.855. The number of carbonyl (C=O) groups is 1. The Labute approximate surface area is 129 Å². The van der Waals surface area contributed by atoms with E-state index in [1.807, 2.05) is 34.8 Å². The maximum atomic E-state index is 12.4. The Bertz CT molecular complexity index is 626. The number of aryl methyl sites for hydroxylation is 2. The largest absolute Gasteiger partial charge is 0.370 e. The number of morpholine rings is 1. The molecule has 2 aromatic heterocycles. The Hall–Kier alpha value is -2.21. The molecule has 0 radical (unpaired) electrons. The predicted octanol–water partition coefficient (Wildman–Crippen LogP) is 1.35. The van der Waals surface area contributed by atoms with Gasteiger partial charge in [-0.1, -0.05) is 0 Å². The van der Waals surface area contributed by atoms with Crippen LogP contribution >= 0.6 is 0 Å². The highest BCUT2D eigenvalue weighted by molar-refractivity contribution is 5.76. The lowest BCUT2D eigenvalue weighted by Gasteiger charge is -2.33. The maximum Gasteiger partial charge on any atom is 0.223 e. The molecule has 6 heteroatoms. The molecule has 0 bridgehead atoms. The fourth-order valence-corrected chi connectivity index (χ4v) is 2.70. The van der Waals surface area contributed by atoms with Gasteiger partial charge in [0.15, 0.2) is 0 Å². The fourth-order valence-electron chi connectivity index (χ4n) is 2.70. The molecular weight excluding hydrogens is 280 g/mol. The summed E-state index contributed by atoms with van der Waals surface area (Å²) in [6.07, 6.45) is 6.42. The Morgan fingerprint density at radius 3 is 2.86 bits per heavy atom. The van der Waals surface area contributed by atoms with Gasteiger partial charge in [-0.2, -0.15) is 5.10 Å². The van der Waals surface area contributed by atoms with Crippen LogP contribution in [0.5, 0.6) is 0 Å². The summed E-state index contributed by atoms with van der Waals surface area (Å²) in [7, 11) is 1.90. The van der Waals surface area contributed by atoms with Crippen molar-refractivity contribution in [1.29, 1.82) is 0 Å². The molecule has 1 unspecified atom stereocenters. The molecule has 1 fully saturated rings. The van der Waals surface area contributed by atoms with Crippen LogP contribution in [0.3, 0.4) is 0 Å². The van der Waals surface area contributed by atoms with Crippen LogP contribution in [0, 0.1) is 0 Å². The third-order valence-corrected chi connectivity index (χ3v) is 4.01. The van der Waals surface area contributed by atoms with Crippen molar-refractivity contribution in [1.82, 2.24) is 19.7 Å². The van der Waals surface area contributed by atoms with Crippen molar-refractivity contribution in [3.63, 3.8) is 0 Å². The minimum atomic E-state index is -0.0580. The van der Waals surface area contributed by atoms with E-state index < -0.39 is 0 Å². The molecule has 0 aliphatic carbocycles. The van der Waals surface area contributed by atoms with Gasteiger partial charge in [0.2, 0.25) is 5.91 Å². The molecule has 1 aliphatic heterocycles. The second-order valence-corrected chi connectivity index (χ2v) is 5.43. The molecule has 0 aromatic carbocycles. The van der Waals surface area contributed by atoms with E-state index in [0.29, 0.717) is 32.5 Å². The first-order valence-electron chi connectivity index (χ1n) is 7.50. The first-order chi connectivity index (χ1) is 10.7. The van der Waals surface area contributed by atoms with Crippen molar-refractivity contribution in [2.45, 2.75) is 18.9 Å². The highest BCUT2D eigenvalue weighted by atomic mass is 16.5. The third kappa shape index (κ3) is 3.33. The minimum absolute atomic E-state index is 0.0580. The summed E-state index contributed by atoms with van der Waals surface area (Å²) in [5.74, 6) is 0.170. The van der Waals surface area contributed by atoms with Crippen LogP contribution in [0.1, 0.15) is 23.8 Å². The fraction of sp³-hybridized carbons (Fsp3) is 0.438. The van der Waals surface area contributed by atoms with Crippen LogP contribution in [-0.4, -0.2) is 45.3 Å². The lowest BCUT2D eigenvalue weighted by Crippen LogP contribution is -2.42. The molecule has 1 aliphatic rings. The number of nitrogens with zero attached hydrogens (tertiary/aromatic N) is 4. The average Bonchev–Trinajstić information content (AvgIpc) is 2.99. The summed E-state index contributed by atoms with van der Waals surface area (Å²) in [5.41, 5.74) is 2.14. The second-order valence-electron chi connectivity index (χ2n) is 5.43. The van der Waals surface area contributed by atoms with Gasteiger partial charge >= 0.3 is 0 Å². The van der Waals surface area contributed by atoms with Gasteiger partial charge in [0.1, 0.15) is 6.10 Å². The van der Waals surface area contributed by atoms with Crippen LogP contribution in [-0.2, 0) is 23.0 Å². The van der Waals surface area contributed by atoms with Gasteiger partial charge in [0, 0.05) is 44.3 Å². The SMILES string of the molecule is Cn1nccc1CCC(=O)N1CCOC(c2ccncc2)C1. The predicted molar refractivity (Wildman–Crippen MR) is 81.0 cm³/mol. The molecular formula is C16H20N4O2. The molecule has 0 saturated carbocycles. The number of aromatic nitrogens is 3. The molecule has 1 atom stereocenters. The Morgan fingerprint density at radius 2 is 2.14 bits per heavy atom. The molecule has 0 spiro atoms. The third-order valence-electron chi connectivity index (χ3n) is 4.01. The van der Waals surface area contributed by atoms with Gasteiger partial charge < -0.3 is 9.64 Å². The summed E-state index contributed by atoms with van der Waals surface area (Å²) in [6, 6.07) is 5.83. The Morgan fingerprint density at radius 1 is 1.32 bits per heavy atom. The molecule has 116 valence electrons. The minimum Gasteiger partial charge on any atom is -0.370 e. The summed E-state index contributed by atoms with van der Waals surface area (Å²) in [4.78, 5) is 18.3. The molecule has 2 aromatic rings. The zero-order valence-electron chi connectivity index (χ0n) is 12.7. The Balaban J connectivity index is 1.57. The topological polar surface area (TPSA) is 60.2 Å². The monoisotopic (exact) mass is 300 g/mol. The van der Waals surface area contributed by atoms with Crippen molar-refractivity contribution >= 4 is 5.91 Å². The molecule has 3 heterocycles. The lowest BCUT2D eigenvalue weighted by molar-refractivity contribution is -0.139. The van der Waals surface area contributed by atoms with E-state index in [1.54, 1.807) is 18.6 Å².